The molecule has 1 atom stereocenters. The molecule has 0 aliphatic heterocycles. The van der Waals surface area contributed by atoms with Crippen molar-refractivity contribution in [1.29, 1.82) is 0 Å². The van der Waals surface area contributed by atoms with Gasteiger partial charge >= 0.3 is 0 Å². The predicted octanol–water partition coefficient (Wildman–Crippen LogP) is 5.23. The van der Waals surface area contributed by atoms with Crippen LogP contribution in [0.25, 0.3) is 0 Å². The van der Waals surface area contributed by atoms with Gasteiger partial charge in [-0.25, -0.2) is 0 Å². The van der Waals surface area contributed by atoms with E-state index in [1.165, 1.54) is 5.56 Å². The van der Waals surface area contributed by atoms with E-state index in [0.717, 1.165) is 12.0 Å². The summed E-state index contributed by atoms with van der Waals surface area (Å²) in [6, 6.07) is 24.7. The molecule has 3 aromatic rings. The maximum absolute atomic E-state index is 12.4. The molecule has 0 heterocycles. The van der Waals surface area contributed by atoms with Gasteiger partial charge < -0.3 is 15.4 Å². The Bertz CT molecular complexity index is 983. The maximum atomic E-state index is 12.4. The summed E-state index contributed by atoms with van der Waals surface area (Å²) in [5.74, 6) is 0.379. The fraction of sp³-hybridized carbons (Fsp3) is 0.231. The molecular weight excluding hydrogens is 388 g/mol. The Hall–Kier alpha value is -3.60. The highest BCUT2D eigenvalue weighted by Crippen LogP contribution is 2.17. The minimum absolute atomic E-state index is 0.0447. The number of aryl methyl sites for hydroxylation is 2. The molecule has 3 rings (SSSR count). The van der Waals surface area contributed by atoms with Crippen LogP contribution in [0.1, 0.15) is 31.4 Å². The molecule has 5 nitrogen and oxygen atoms in total. The number of nitrogens with one attached hydrogen (secondary N) is 2. The highest BCUT2D eigenvalue weighted by Gasteiger charge is 2.15. The summed E-state index contributed by atoms with van der Waals surface area (Å²) in [6.45, 7) is 3.80. The van der Waals surface area contributed by atoms with E-state index in [4.69, 9.17) is 4.74 Å². The van der Waals surface area contributed by atoms with Crippen LogP contribution in [0.2, 0.25) is 0 Å². The average molecular weight is 417 g/mol. The van der Waals surface area contributed by atoms with Crippen LogP contribution in [0.3, 0.4) is 0 Å². The van der Waals surface area contributed by atoms with Gasteiger partial charge in [-0.05, 0) is 67.3 Å². The van der Waals surface area contributed by atoms with E-state index in [1.807, 2.05) is 54.6 Å². The van der Waals surface area contributed by atoms with Gasteiger partial charge in [0.15, 0.2) is 6.10 Å². The molecule has 160 valence electrons. The molecule has 0 aliphatic rings. The Balaban J connectivity index is 1.46. The summed E-state index contributed by atoms with van der Waals surface area (Å²) < 4.78 is 5.72. The largest absolute Gasteiger partial charge is 0.481 e. The fourth-order valence-corrected chi connectivity index (χ4v) is 3.07. The Morgan fingerprint density at radius 2 is 1.42 bits per heavy atom. The smallest absolute Gasteiger partial charge is 0.265 e. The zero-order chi connectivity index (χ0) is 22.1. The van der Waals surface area contributed by atoms with Gasteiger partial charge in [-0.3, -0.25) is 9.59 Å². The first-order valence-corrected chi connectivity index (χ1v) is 10.5. The molecule has 0 saturated carbocycles. The van der Waals surface area contributed by atoms with Crippen LogP contribution in [-0.4, -0.2) is 17.9 Å². The summed E-state index contributed by atoms with van der Waals surface area (Å²) in [5.41, 5.74) is 3.69. The molecule has 0 fully saturated rings. The van der Waals surface area contributed by atoms with Crippen LogP contribution in [0.5, 0.6) is 5.75 Å². The lowest BCUT2D eigenvalue weighted by Gasteiger charge is -2.15. The third-order valence-electron chi connectivity index (χ3n) is 4.93. The zero-order valence-electron chi connectivity index (χ0n) is 17.9. The van der Waals surface area contributed by atoms with Gasteiger partial charge in [0, 0.05) is 17.8 Å². The van der Waals surface area contributed by atoms with Crippen molar-refractivity contribution in [3.05, 3.63) is 90.0 Å². The highest BCUT2D eigenvalue weighted by molar-refractivity contribution is 5.95. The minimum atomic E-state index is -0.634. The molecule has 0 bridgehead atoms. The van der Waals surface area contributed by atoms with Gasteiger partial charge in [-0.15, -0.1) is 0 Å². The molecule has 0 aromatic heterocycles. The topological polar surface area (TPSA) is 67.4 Å². The number of rotatable bonds is 9. The molecule has 0 aliphatic carbocycles. The van der Waals surface area contributed by atoms with Crippen molar-refractivity contribution < 1.29 is 14.3 Å². The van der Waals surface area contributed by atoms with Crippen LogP contribution in [0.4, 0.5) is 11.4 Å². The lowest BCUT2D eigenvalue weighted by atomic mass is 10.1. The van der Waals surface area contributed by atoms with Gasteiger partial charge in [0.1, 0.15) is 5.75 Å². The summed E-state index contributed by atoms with van der Waals surface area (Å²) >= 11 is 0. The van der Waals surface area contributed by atoms with Crippen molar-refractivity contribution in [3.8, 4) is 5.75 Å². The Labute approximate surface area is 183 Å². The molecule has 0 spiro atoms. The molecule has 2 amide bonds. The van der Waals surface area contributed by atoms with Gasteiger partial charge in [-0.2, -0.15) is 0 Å². The molecule has 2 N–H and O–H groups in total. The van der Waals surface area contributed by atoms with Crippen molar-refractivity contribution in [2.45, 2.75) is 39.2 Å². The van der Waals surface area contributed by atoms with E-state index in [9.17, 15) is 9.59 Å². The van der Waals surface area contributed by atoms with E-state index in [2.05, 4.69) is 17.6 Å². The molecule has 0 saturated heterocycles. The van der Waals surface area contributed by atoms with Crippen molar-refractivity contribution >= 4 is 23.2 Å². The quantitative estimate of drug-likeness (QED) is 0.502. The van der Waals surface area contributed by atoms with Crippen LogP contribution in [-0.2, 0) is 22.4 Å². The number of hydrogen-bond acceptors (Lipinski definition) is 3. The molecule has 3 aromatic carbocycles. The van der Waals surface area contributed by atoms with Crippen LogP contribution >= 0.6 is 0 Å². The minimum Gasteiger partial charge on any atom is -0.481 e. The first-order valence-electron chi connectivity index (χ1n) is 10.5. The van der Waals surface area contributed by atoms with Gasteiger partial charge in [0.25, 0.3) is 5.91 Å². The van der Waals surface area contributed by atoms with Crippen molar-refractivity contribution in [1.82, 2.24) is 0 Å². The normalized spacial score (nSPS) is 11.4. The highest BCUT2D eigenvalue weighted by atomic mass is 16.5. The monoisotopic (exact) mass is 416 g/mol. The second-order valence-corrected chi connectivity index (χ2v) is 7.36. The van der Waals surface area contributed by atoms with E-state index in [-0.39, 0.29) is 11.8 Å². The van der Waals surface area contributed by atoms with Crippen LogP contribution < -0.4 is 15.4 Å². The Kier molecular flexibility index (Phi) is 7.82. The number of ether oxygens (including phenoxy) is 1. The Morgan fingerprint density at radius 3 is 2.03 bits per heavy atom. The number of carbonyl (C=O) groups is 2. The molecule has 31 heavy (non-hydrogen) atoms. The van der Waals surface area contributed by atoms with Gasteiger partial charge in [0.2, 0.25) is 5.91 Å². The van der Waals surface area contributed by atoms with E-state index < -0.39 is 6.10 Å². The Morgan fingerprint density at radius 1 is 0.806 bits per heavy atom. The van der Waals surface area contributed by atoms with Crippen LogP contribution in [0, 0.1) is 0 Å². The van der Waals surface area contributed by atoms with E-state index >= 15 is 0 Å². The average Bonchev–Trinajstić information content (AvgIpc) is 2.80. The van der Waals surface area contributed by atoms with Crippen molar-refractivity contribution in [3.63, 3.8) is 0 Å². The summed E-state index contributed by atoms with van der Waals surface area (Å²) in [5, 5.41) is 5.72. The van der Waals surface area contributed by atoms with Gasteiger partial charge in [0.05, 0.1) is 0 Å². The lowest BCUT2D eigenvalue weighted by molar-refractivity contribution is -0.122. The molecule has 1 unspecified atom stereocenters. The summed E-state index contributed by atoms with van der Waals surface area (Å²) in [7, 11) is 0. The first-order chi connectivity index (χ1) is 15.0. The standard InChI is InChI=1S/C26H28N2O3/c1-3-20-9-16-24(17-10-20)31-19(2)26(30)28-23-14-12-22(13-15-23)27-25(29)18-11-21-7-5-4-6-8-21/h4-10,12-17,19H,3,11,18H2,1-2H3,(H,27,29)(H,28,30). The number of carbonyl (C=O) groups excluding carboxylic acids is 2. The third-order valence-corrected chi connectivity index (χ3v) is 4.93. The second-order valence-electron chi connectivity index (χ2n) is 7.36. The molecule has 0 radical (unpaired) electrons. The number of amides is 2. The lowest BCUT2D eigenvalue weighted by Crippen LogP contribution is -2.30. The van der Waals surface area contributed by atoms with Crippen LogP contribution in [0.15, 0.2) is 78.9 Å². The zero-order valence-corrected chi connectivity index (χ0v) is 17.9. The SMILES string of the molecule is CCc1ccc(OC(C)C(=O)Nc2ccc(NC(=O)CCc3ccccc3)cc2)cc1. The third kappa shape index (κ3) is 7.00. The molecule has 5 heteroatoms. The summed E-state index contributed by atoms with van der Waals surface area (Å²) in [4.78, 5) is 24.6. The predicted molar refractivity (Wildman–Crippen MR) is 124 cm³/mol. The van der Waals surface area contributed by atoms with Gasteiger partial charge in [-0.1, -0.05) is 49.4 Å². The van der Waals surface area contributed by atoms with Crippen molar-refractivity contribution in [2.24, 2.45) is 0 Å². The first kappa shape index (κ1) is 22.1. The fourth-order valence-electron chi connectivity index (χ4n) is 3.07. The summed E-state index contributed by atoms with van der Waals surface area (Å²) in [6.07, 6.45) is 1.43. The number of hydrogen-bond donors (Lipinski definition) is 2. The maximum Gasteiger partial charge on any atom is 0.265 e. The number of benzene rings is 3. The van der Waals surface area contributed by atoms with Crippen molar-refractivity contribution in [2.75, 3.05) is 10.6 Å². The van der Waals surface area contributed by atoms with E-state index in [1.54, 1.807) is 31.2 Å². The molecular formula is C26H28N2O3. The number of anilines is 2. The second kappa shape index (κ2) is 11.0. The van der Waals surface area contributed by atoms with E-state index in [0.29, 0.717) is 30.0 Å².